The van der Waals surface area contributed by atoms with Crippen LogP contribution in [0.3, 0.4) is 0 Å². The van der Waals surface area contributed by atoms with Gasteiger partial charge in [-0.3, -0.25) is 4.79 Å². The van der Waals surface area contributed by atoms with E-state index in [-0.39, 0.29) is 18.3 Å². The number of carbonyl (C=O) groups excluding carboxylic acids is 1. The van der Waals surface area contributed by atoms with Crippen LogP contribution < -0.4 is 10.1 Å². The third-order valence-corrected chi connectivity index (χ3v) is 4.22. The SMILES string of the molecule is COc1ccc(C(O)Cn2cnc(C(=O)NCc3ccc(Cl)cc3)n2)cc1. The van der Waals surface area contributed by atoms with E-state index in [1.165, 1.54) is 11.0 Å². The van der Waals surface area contributed by atoms with Crippen molar-refractivity contribution < 1.29 is 14.6 Å². The Labute approximate surface area is 161 Å². The number of halogens is 1. The van der Waals surface area contributed by atoms with Gasteiger partial charge in [0.1, 0.15) is 12.1 Å². The lowest BCUT2D eigenvalue weighted by atomic mass is 10.1. The predicted octanol–water partition coefficient (Wildman–Crippen LogP) is 2.60. The minimum absolute atomic E-state index is 0.0471. The third kappa shape index (κ3) is 5.06. The van der Waals surface area contributed by atoms with Gasteiger partial charge in [-0.25, -0.2) is 9.67 Å². The molecule has 3 aromatic rings. The van der Waals surface area contributed by atoms with E-state index in [1.807, 2.05) is 12.1 Å². The van der Waals surface area contributed by atoms with Crippen molar-refractivity contribution in [2.24, 2.45) is 0 Å². The number of aliphatic hydroxyl groups excluding tert-OH is 1. The Kier molecular flexibility index (Phi) is 6.05. The third-order valence-electron chi connectivity index (χ3n) is 3.97. The topological polar surface area (TPSA) is 89.3 Å². The smallest absolute Gasteiger partial charge is 0.291 e. The van der Waals surface area contributed by atoms with Gasteiger partial charge in [-0.15, -0.1) is 5.10 Å². The molecule has 0 saturated heterocycles. The van der Waals surface area contributed by atoms with Crippen LogP contribution in [0.5, 0.6) is 5.75 Å². The monoisotopic (exact) mass is 386 g/mol. The van der Waals surface area contributed by atoms with Gasteiger partial charge in [0.15, 0.2) is 0 Å². The van der Waals surface area contributed by atoms with E-state index in [9.17, 15) is 9.90 Å². The molecule has 7 nitrogen and oxygen atoms in total. The molecule has 2 aromatic carbocycles. The zero-order valence-corrected chi connectivity index (χ0v) is 15.4. The van der Waals surface area contributed by atoms with Crippen molar-refractivity contribution >= 4 is 17.5 Å². The summed E-state index contributed by atoms with van der Waals surface area (Å²) in [6.45, 7) is 0.531. The average Bonchev–Trinajstić information content (AvgIpc) is 3.16. The van der Waals surface area contributed by atoms with Crippen molar-refractivity contribution in [3.63, 3.8) is 0 Å². The second kappa shape index (κ2) is 8.66. The maximum absolute atomic E-state index is 12.2. The standard InChI is InChI=1S/C19H19ClN4O3/c1-27-16-8-4-14(5-9-16)17(25)11-24-12-22-18(23-24)19(26)21-10-13-2-6-15(20)7-3-13/h2-9,12,17,25H,10-11H2,1H3,(H,21,26). The summed E-state index contributed by atoms with van der Waals surface area (Å²) in [7, 11) is 1.58. The first-order chi connectivity index (χ1) is 13.0. The first-order valence-corrected chi connectivity index (χ1v) is 8.67. The van der Waals surface area contributed by atoms with Crippen LogP contribution in [0.15, 0.2) is 54.9 Å². The molecule has 0 spiro atoms. The van der Waals surface area contributed by atoms with E-state index in [1.54, 1.807) is 43.5 Å². The quantitative estimate of drug-likeness (QED) is 0.651. The Morgan fingerprint density at radius 1 is 1.22 bits per heavy atom. The Bertz CT molecular complexity index is 894. The van der Waals surface area contributed by atoms with E-state index in [0.717, 1.165) is 11.1 Å². The molecule has 8 heteroatoms. The van der Waals surface area contributed by atoms with Crippen LogP contribution >= 0.6 is 11.6 Å². The molecule has 1 amide bonds. The molecule has 0 aliphatic rings. The van der Waals surface area contributed by atoms with Gasteiger partial charge in [0.2, 0.25) is 5.82 Å². The number of nitrogens with one attached hydrogen (secondary N) is 1. The molecule has 1 aromatic heterocycles. The van der Waals surface area contributed by atoms with Gasteiger partial charge in [-0.2, -0.15) is 0 Å². The maximum atomic E-state index is 12.2. The summed E-state index contributed by atoms with van der Waals surface area (Å²) in [5.74, 6) is 0.375. The summed E-state index contributed by atoms with van der Waals surface area (Å²) in [5.41, 5.74) is 1.64. The van der Waals surface area contributed by atoms with E-state index >= 15 is 0 Å². The first kappa shape index (κ1) is 18.9. The van der Waals surface area contributed by atoms with Crippen LogP contribution in [0.25, 0.3) is 0 Å². The second-order valence-electron chi connectivity index (χ2n) is 5.89. The fourth-order valence-electron chi connectivity index (χ4n) is 2.46. The van der Waals surface area contributed by atoms with E-state index < -0.39 is 6.10 Å². The molecule has 1 unspecified atom stereocenters. The highest BCUT2D eigenvalue weighted by molar-refractivity contribution is 6.30. The molecule has 0 fully saturated rings. The van der Waals surface area contributed by atoms with Gasteiger partial charge in [-0.05, 0) is 35.4 Å². The zero-order valence-electron chi connectivity index (χ0n) is 14.7. The average molecular weight is 387 g/mol. The lowest BCUT2D eigenvalue weighted by molar-refractivity contribution is 0.0938. The van der Waals surface area contributed by atoms with Gasteiger partial charge >= 0.3 is 0 Å². The molecule has 0 bridgehead atoms. The summed E-state index contributed by atoms with van der Waals surface area (Å²) < 4.78 is 6.53. The number of amides is 1. The molecule has 27 heavy (non-hydrogen) atoms. The highest BCUT2D eigenvalue weighted by Crippen LogP contribution is 2.18. The van der Waals surface area contributed by atoms with Crippen molar-refractivity contribution in [3.05, 3.63) is 76.8 Å². The molecule has 3 rings (SSSR count). The fraction of sp³-hybridized carbons (Fsp3) is 0.211. The number of carbonyl (C=O) groups is 1. The normalized spacial score (nSPS) is 11.8. The molecule has 1 heterocycles. The fourth-order valence-corrected chi connectivity index (χ4v) is 2.58. The van der Waals surface area contributed by atoms with E-state index in [0.29, 0.717) is 17.3 Å². The summed E-state index contributed by atoms with van der Waals surface area (Å²) in [4.78, 5) is 16.2. The number of aromatic nitrogens is 3. The Hall–Kier alpha value is -2.90. The second-order valence-corrected chi connectivity index (χ2v) is 6.32. The molecule has 0 radical (unpaired) electrons. The maximum Gasteiger partial charge on any atom is 0.291 e. The number of hydrogen-bond acceptors (Lipinski definition) is 5. The van der Waals surface area contributed by atoms with Gasteiger partial charge in [0.25, 0.3) is 5.91 Å². The first-order valence-electron chi connectivity index (χ1n) is 8.29. The summed E-state index contributed by atoms with van der Waals surface area (Å²) in [6.07, 6.45) is 0.645. The number of aliphatic hydroxyl groups is 1. The minimum Gasteiger partial charge on any atom is -0.497 e. The lowest BCUT2D eigenvalue weighted by Gasteiger charge is -2.11. The highest BCUT2D eigenvalue weighted by atomic mass is 35.5. The van der Waals surface area contributed by atoms with E-state index in [4.69, 9.17) is 16.3 Å². The Morgan fingerprint density at radius 3 is 2.59 bits per heavy atom. The van der Waals surface area contributed by atoms with Crippen LogP contribution in [-0.2, 0) is 13.1 Å². The molecular formula is C19H19ClN4O3. The van der Waals surface area contributed by atoms with Crippen LogP contribution in [0.2, 0.25) is 5.02 Å². The van der Waals surface area contributed by atoms with Crippen LogP contribution in [0.1, 0.15) is 27.8 Å². The van der Waals surface area contributed by atoms with Gasteiger partial charge in [0, 0.05) is 11.6 Å². The molecule has 1 atom stereocenters. The molecule has 0 aliphatic carbocycles. The molecule has 0 saturated carbocycles. The molecule has 2 N–H and O–H groups in total. The molecular weight excluding hydrogens is 368 g/mol. The summed E-state index contributed by atoms with van der Waals surface area (Å²) in [5, 5.41) is 17.8. The predicted molar refractivity (Wildman–Crippen MR) is 101 cm³/mol. The Balaban J connectivity index is 1.56. The van der Waals surface area contributed by atoms with Gasteiger partial charge < -0.3 is 15.2 Å². The van der Waals surface area contributed by atoms with Crippen molar-refractivity contribution in [3.8, 4) is 5.75 Å². The number of hydrogen-bond donors (Lipinski definition) is 2. The van der Waals surface area contributed by atoms with Gasteiger partial charge in [0.05, 0.1) is 19.8 Å². The van der Waals surface area contributed by atoms with Crippen LogP contribution in [0, 0.1) is 0 Å². The zero-order chi connectivity index (χ0) is 19.2. The van der Waals surface area contributed by atoms with Crippen molar-refractivity contribution in [2.75, 3.05) is 7.11 Å². The number of nitrogens with zero attached hydrogens (tertiary/aromatic N) is 3. The minimum atomic E-state index is -0.775. The highest BCUT2D eigenvalue weighted by Gasteiger charge is 2.14. The van der Waals surface area contributed by atoms with Gasteiger partial charge in [-0.1, -0.05) is 35.9 Å². The van der Waals surface area contributed by atoms with Crippen LogP contribution in [0.4, 0.5) is 0 Å². The Morgan fingerprint density at radius 2 is 1.93 bits per heavy atom. The number of ether oxygens (including phenoxy) is 1. The number of rotatable bonds is 7. The van der Waals surface area contributed by atoms with Crippen molar-refractivity contribution in [2.45, 2.75) is 19.2 Å². The van der Waals surface area contributed by atoms with Crippen molar-refractivity contribution in [1.29, 1.82) is 0 Å². The largest absolute Gasteiger partial charge is 0.497 e. The summed E-state index contributed by atoms with van der Waals surface area (Å²) >= 11 is 5.84. The van der Waals surface area contributed by atoms with Crippen LogP contribution in [-0.4, -0.2) is 32.9 Å². The molecule has 140 valence electrons. The summed E-state index contributed by atoms with van der Waals surface area (Å²) in [6, 6.07) is 14.3. The number of benzene rings is 2. The lowest BCUT2D eigenvalue weighted by Crippen LogP contribution is -2.24. The number of methoxy groups -OCH3 is 1. The van der Waals surface area contributed by atoms with E-state index in [2.05, 4.69) is 15.4 Å². The molecule has 0 aliphatic heterocycles. The van der Waals surface area contributed by atoms with Crippen molar-refractivity contribution in [1.82, 2.24) is 20.1 Å².